The van der Waals surface area contributed by atoms with Crippen LogP contribution in [0, 0.1) is 13.8 Å². The van der Waals surface area contributed by atoms with Crippen molar-refractivity contribution >= 4 is 28.3 Å². The molecule has 1 amide bonds. The molecule has 2 atom stereocenters. The number of aromatic amines is 1. The molecule has 3 aromatic rings. The van der Waals surface area contributed by atoms with Crippen LogP contribution in [0.2, 0.25) is 0 Å². The Balaban J connectivity index is 1.65. The third kappa shape index (κ3) is 4.55. The first-order valence-electron chi connectivity index (χ1n) is 9.17. The standard InChI is InChI=1S/C21H23N3O4S/c1-11-17(13(3)25)12(2)22-18(11)20(27)28-14(4)19(26)24-21-23-16(10-29-21)15-8-6-5-7-9-15/h5-10,13-14,22,25H,1-4H3,(H,23,24,26)/t13-,14-/m1/s1. The smallest absolute Gasteiger partial charge is 0.355 e. The molecule has 0 bridgehead atoms. The topological polar surface area (TPSA) is 104 Å². The molecule has 1 aromatic carbocycles. The van der Waals surface area contributed by atoms with Gasteiger partial charge in [-0.3, -0.25) is 10.1 Å². The molecule has 0 radical (unpaired) electrons. The molecule has 0 spiro atoms. The first-order chi connectivity index (χ1) is 13.8. The molecule has 0 aliphatic rings. The van der Waals surface area contributed by atoms with E-state index in [0.29, 0.717) is 22.0 Å². The molecule has 0 aliphatic heterocycles. The molecule has 3 rings (SSSR count). The summed E-state index contributed by atoms with van der Waals surface area (Å²) in [5, 5.41) is 14.8. The van der Waals surface area contributed by atoms with Crippen LogP contribution < -0.4 is 5.32 Å². The van der Waals surface area contributed by atoms with E-state index in [-0.39, 0.29) is 5.69 Å². The highest BCUT2D eigenvalue weighted by molar-refractivity contribution is 7.14. The van der Waals surface area contributed by atoms with Crippen molar-refractivity contribution in [3.63, 3.8) is 0 Å². The zero-order chi connectivity index (χ0) is 21.1. The predicted molar refractivity (Wildman–Crippen MR) is 112 cm³/mol. The van der Waals surface area contributed by atoms with E-state index >= 15 is 0 Å². The normalized spacial score (nSPS) is 13.0. The summed E-state index contributed by atoms with van der Waals surface area (Å²) in [5.41, 5.74) is 3.91. The number of thiazole rings is 1. The number of aliphatic hydroxyl groups is 1. The number of carbonyl (C=O) groups is 2. The Kier molecular flexibility index (Phi) is 6.14. The molecular weight excluding hydrogens is 390 g/mol. The van der Waals surface area contributed by atoms with Gasteiger partial charge < -0.3 is 14.8 Å². The second-order valence-electron chi connectivity index (χ2n) is 6.78. The van der Waals surface area contributed by atoms with Crippen LogP contribution in [-0.4, -0.2) is 33.1 Å². The highest BCUT2D eigenvalue weighted by Crippen LogP contribution is 2.26. The number of nitrogens with one attached hydrogen (secondary N) is 2. The number of aryl methyl sites for hydroxylation is 1. The van der Waals surface area contributed by atoms with E-state index in [1.807, 2.05) is 35.7 Å². The number of aliphatic hydroxyl groups excluding tert-OH is 1. The molecule has 0 saturated heterocycles. The number of amides is 1. The molecule has 2 heterocycles. The van der Waals surface area contributed by atoms with Crippen molar-refractivity contribution in [2.24, 2.45) is 0 Å². The summed E-state index contributed by atoms with van der Waals surface area (Å²) in [6.07, 6.45) is -1.72. The zero-order valence-electron chi connectivity index (χ0n) is 16.6. The Morgan fingerprint density at radius 2 is 1.90 bits per heavy atom. The number of hydrogen-bond donors (Lipinski definition) is 3. The highest BCUT2D eigenvalue weighted by Gasteiger charge is 2.25. The average molecular weight is 413 g/mol. The van der Waals surface area contributed by atoms with Crippen LogP contribution in [0.25, 0.3) is 11.3 Å². The molecule has 152 valence electrons. The van der Waals surface area contributed by atoms with Crippen LogP contribution in [0.4, 0.5) is 5.13 Å². The van der Waals surface area contributed by atoms with Crippen LogP contribution in [0.3, 0.4) is 0 Å². The number of benzene rings is 1. The van der Waals surface area contributed by atoms with E-state index in [2.05, 4.69) is 15.3 Å². The molecule has 7 nitrogen and oxygen atoms in total. The lowest BCUT2D eigenvalue weighted by molar-refractivity contribution is -0.123. The number of hydrogen-bond acceptors (Lipinski definition) is 6. The van der Waals surface area contributed by atoms with Crippen LogP contribution >= 0.6 is 11.3 Å². The lowest BCUT2D eigenvalue weighted by Gasteiger charge is -2.12. The van der Waals surface area contributed by atoms with Crippen molar-refractivity contribution in [3.8, 4) is 11.3 Å². The van der Waals surface area contributed by atoms with Gasteiger partial charge in [0.25, 0.3) is 5.91 Å². The number of ether oxygens (including phenoxy) is 1. The van der Waals surface area contributed by atoms with Gasteiger partial charge in [-0.2, -0.15) is 0 Å². The number of anilines is 1. The lowest BCUT2D eigenvalue weighted by Crippen LogP contribution is -2.30. The number of carbonyl (C=O) groups excluding carboxylic acids is 2. The summed E-state index contributed by atoms with van der Waals surface area (Å²) in [5.74, 6) is -1.12. The van der Waals surface area contributed by atoms with Gasteiger partial charge >= 0.3 is 5.97 Å². The monoisotopic (exact) mass is 413 g/mol. The quantitative estimate of drug-likeness (QED) is 0.530. The van der Waals surface area contributed by atoms with Crippen molar-refractivity contribution in [1.82, 2.24) is 9.97 Å². The first-order valence-corrected chi connectivity index (χ1v) is 10.1. The Hall–Kier alpha value is -2.97. The number of nitrogens with zero attached hydrogens (tertiary/aromatic N) is 1. The maximum Gasteiger partial charge on any atom is 0.355 e. The minimum atomic E-state index is -1.01. The van der Waals surface area contributed by atoms with Gasteiger partial charge in [-0.25, -0.2) is 9.78 Å². The molecule has 0 aliphatic carbocycles. The predicted octanol–water partition coefficient (Wildman–Crippen LogP) is 3.99. The van der Waals surface area contributed by atoms with E-state index in [9.17, 15) is 14.7 Å². The molecule has 8 heteroatoms. The van der Waals surface area contributed by atoms with Gasteiger partial charge in [-0.15, -0.1) is 11.3 Å². The summed E-state index contributed by atoms with van der Waals surface area (Å²) in [6, 6.07) is 9.63. The molecular formula is C21H23N3O4S. The summed E-state index contributed by atoms with van der Waals surface area (Å²) in [4.78, 5) is 32.2. The van der Waals surface area contributed by atoms with Crippen LogP contribution in [0.5, 0.6) is 0 Å². The SMILES string of the molecule is Cc1[nH]c(C(=O)O[C@H](C)C(=O)Nc2nc(-c3ccccc3)cs2)c(C)c1[C@@H](C)O. The van der Waals surface area contributed by atoms with Gasteiger partial charge in [0.1, 0.15) is 5.69 Å². The summed E-state index contributed by atoms with van der Waals surface area (Å²) >= 11 is 1.30. The summed E-state index contributed by atoms with van der Waals surface area (Å²) in [7, 11) is 0. The number of rotatable bonds is 6. The van der Waals surface area contributed by atoms with Crippen molar-refractivity contribution in [1.29, 1.82) is 0 Å². The van der Waals surface area contributed by atoms with Crippen molar-refractivity contribution in [2.75, 3.05) is 5.32 Å². The van der Waals surface area contributed by atoms with Crippen molar-refractivity contribution in [2.45, 2.75) is 39.9 Å². The summed E-state index contributed by atoms with van der Waals surface area (Å²) < 4.78 is 5.30. The Morgan fingerprint density at radius 1 is 1.21 bits per heavy atom. The molecule has 3 N–H and O–H groups in total. The van der Waals surface area contributed by atoms with Crippen LogP contribution in [0.15, 0.2) is 35.7 Å². The Morgan fingerprint density at radius 3 is 2.52 bits per heavy atom. The van der Waals surface area contributed by atoms with Gasteiger partial charge in [0.05, 0.1) is 11.8 Å². The maximum atomic E-state index is 12.5. The average Bonchev–Trinajstić information content (AvgIpc) is 3.26. The third-order valence-electron chi connectivity index (χ3n) is 4.57. The molecule has 29 heavy (non-hydrogen) atoms. The van der Waals surface area contributed by atoms with Crippen LogP contribution in [0.1, 0.15) is 47.3 Å². The summed E-state index contributed by atoms with van der Waals surface area (Å²) in [6.45, 7) is 6.63. The van der Waals surface area contributed by atoms with Crippen molar-refractivity contribution < 1.29 is 19.4 Å². The fourth-order valence-electron chi connectivity index (χ4n) is 3.15. The van der Waals surface area contributed by atoms with E-state index < -0.39 is 24.1 Å². The van der Waals surface area contributed by atoms with E-state index in [1.54, 1.807) is 20.8 Å². The molecule has 2 aromatic heterocycles. The minimum absolute atomic E-state index is 0.235. The van der Waals surface area contributed by atoms with Gasteiger partial charge in [-0.1, -0.05) is 30.3 Å². The number of esters is 1. The maximum absolute atomic E-state index is 12.5. The van der Waals surface area contributed by atoms with Gasteiger partial charge in [-0.05, 0) is 33.3 Å². The molecule has 0 saturated carbocycles. The minimum Gasteiger partial charge on any atom is -0.448 e. The number of H-pyrrole nitrogens is 1. The second kappa shape index (κ2) is 8.59. The second-order valence-corrected chi connectivity index (χ2v) is 7.64. The van der Waals surface area contributed by atoms with E-state index in [1.165, 1.54) is 18.3 Å². The van der Waals surface area contributed by atoms with Crippen molar-refractivity contribution in [3.05, 3.63) is 58.2 Å². The Bertz CT molecular complexity index is 1020. The zero-order valence-corrected chi connectivity index (χ0v) is 17.5. The highest BCUT2D eigenvalue weighted by atomic mass is 32.1. The van der Waals surface area contributed by atoms with Gasteiger partial charge in [0.15, 0.2) is 11.2 Å². The number of aromatic nitrogens is 2. The Labute approximate surface area is 172 Å². The van der Waals surface area contributed by atoms with E-state index in [0.717, 1.165) is 11.3 Å². The largest absolute Gasteiger partial charge is 0.448 e. The van der Waals surface area contributed by atoms with Gasteiger partial charge in [0, 0.05) is 22.2 Å². The first kappa shape index (κ1) is 20.8. The van der Waals surface area contributed by atoms with Gasteiger partial charge in [0.2, 0.25) is 0 Å². The van der Waals surface area contributed by atoms with Crippen LogP contribution in [-0.2, 0) is 9.53 Å². The molecule has 0 unspecified atom stereocenters. The fraction of sp³-hybridized carbons (Fsp3) is 0.286. The third-order valence-corrected chi connectivity index (χ3v) is 5.33. The van der Waals surface area contributed by atoms with E-state index in [4.69, 9.17) is 4.74 Å². The lowest BCUT2D eigenvalue weighted by atomic mass is 10.1. The fourth-order valence-corrected chi connectivity index (χ4v) is 3.87. The molecule has 0 fully saturated rings.